The normalized spacial score (nSPS) is 7.00. The van der Waals surface area contributed by atoms with Crippen LogP contribution in [0.1, 0.15) is 13.3 Å². The molecule has 0 aromatic rings. The summed E-state index contributed by atoms with van der Waals surface area (Å²) >= 11 is 0. The Morgan fingerprint density at radius 3 is 2.88 bits per heavy atom. The van der Waals surface area contributed by atoms with Crippen molar-refractivity contribution in [2.45, 2.75) is 13.3 Å². The Hall–Kier alpha value is 0.0597. The molecule has 0 unspecified atom stereocenters. The van der Waals surface area contributed by atoms with Gasteiger partial charge in [-0.05, 0) is 0 Å². The Balaban J connectivity index is 2.91. The Kier molecular flexibility index (Phi) is 7.11. The molecule has 5 heteroatoms. The molecule has 0 saturated carbocycles. The van der Waals surface area contributed by atoms with E-state index in [1.165, 1.54) is 6.69 Å². The summed E-state index contributed by atoms with van der Waals surface area (Å²) in [6.45, 7) is 5.93. The van der Waals surface area contributed by atoms with Crippen molar-refractivity contribution in [2.24, 2.45) is 0 Å². The van der Waals surface area contributed by atoms with E-state index in [0.29, 0.717) is 0 Å². The van der Waals surface area contributed by atoms with Crippen LogP contribution >= 0.6 is 0 Å². The zero-order valence-corrected chi connectivity index (χ0v) is 5.13. The van der Waals surface area contributed by atoms with Crippen molar-refractivity contribution in [1.29, 1.82) is 0 Å². The first kappa shape index (κ1) is 8.06. The van der Waals surface area contributed by atoms with Crippen LogP contribution in [0.15, 0.2) is 0 Å². The van der Waals surface area contributed by atoms with Gasteiger partial charge in [0.15, 0.2) is 0 Å². The van der Waals surface area contributed by atoms with Crippen LogP contribution in [0.3, 0.4) is 0 Å². The van der Waals surface area contributed by atoms with Gasteiger partial charge in [0.25, 0.3) is 0 Å². The van der Waals surface area contributed by atoms with Gasteiger partial charge in [-0.3, -0.25) is 0 Å². The second-order valence-corrected chi connectivity index (χ2v) is 1.39. The fraction of sp³-hybridized carbons (Fsp3) is 1.00. The van der Waals surface area contributed by atoms with E-state index in [1.54, 1.807) is 13.7 Å². The first-order chi connectivity index (χ1) is 3.91. The van der Waals surface area contributed by atoms with Crippen LogP contribution in [0.4, 0.5) is 0 Å². The van der Waals surface area contributed by atoms with Gasteiger partial charge in [0.1, 0.15) is 0 Å². The van der Waals surface area contributed by atoms with E-state index in [4.69, 9.17) is 12.0 Å². The van der Waals surface area contributed by atoms with E-state index < -0.39 is 0 Å². The molecule has 0 bridgehead atoms. The van der Waals surface area contributed by atoms with Crippen LogP contribution in [0.5, 0.6) is 0 Å². The maximum atomic E-state index is 5.02. The molecule has 0 atom stereocenters. The minimum atomic E-state index is 0.768. The fourth-order valence-corrected chi connectivity index (χ4v) is 0.287. The van der Waals surface area contributed by atoms with E-state index in [-0.39, 0.29) is 0 Å². The summed E-state index contributed by atoms with van der Waals surface area (Å²) < 4.78 is 4.93. The molecular formula is C3H7B4O. The summed E-state index contributed by atoms with van der Waals surface area (Å²) in [5.41, 5.74) is 0. The number of hydrogen-bond donors (Lipinski definition) is 0. The molecule has 1 radical (unpaired) electrons. The standard InChI is InChI=1S/C3H7B4O/c1-2-3-8-7-6-5-4/h2-3H2,1H3. The van der Waals surface area contributed by atoms with E-state index in [9.17, 15) is 0 Å². The molecule has 0 aromatic carbocycles. The summed E-state index contributed by atoms with van der Waals surface area (Å²) in [6, 6.07) is 0. The third kappa shape index (κ3) is 6.06. The van der Waals surface area contributed by atoms with E-state index >= 15 is 0 Å². The summed E-state index contributed by atoms with van der Waals surface area (Å²) in [4.78, 5) is 0. The molecule has 0 heterocycles. The summed E-state index contributed by atoms with van der Waals surface area (Å²) in [5.74, 6) is 0. The summed E-state index contributed by atoms with van der Waals surface area (Å²) in [6.07, 6.45) is 1.04. The average Bonchev–Trinajstić information content (AvgIpc) is 1.81. The molecule has 37 valence electrons. The van der Waals surface area contributed by atoms with Crippen LogP contribution in [0, 0.1) is 0 Å². The van der Waals surface area contributed by atoms with E-state index in [1.807, 2.05) is 0 Å². The van der Waals surface area contributed by atoms with Gasteiger partial charge in [0, 0.05) is 0 Å². The predicted molar refractivity (Wildman–Crippen MR) is 39.3 cm³/mol. The minimum absolute atomic E-state index is 0.768. The van der Waals surface area contributed by atoms with Crippen LogP contribution in [0.25, 0.3) is 0 Å². The van der Waals surface area contributed by atoms with Gasteiger partial charge < -0.3 is 0 Å². The molecule has 0 amide bonds. The Labute approximate surface area is 53.2 Å². The fourth-order valence-electron chi connectivity index (χ4n) is 0.287. The van der Waals surface area contributed by atoms with Gasteiger partial charge in [0.05, 0.1) is 0 Å². The third-order valence-electron chi connectivity index (χ3n) is 0.608. The van der Waals surface area contributed by atoms with Crippen molar-refractivity contribution < 1.29 is 4.65 Å². The zero-order chi connectivity index (χ0) is 6.24. The van der Waals surface area contributed by atoms with Crippen molar-refractivity contribution in [3.05, 3.63) is 0 Å². The molecule has 0 aliphatic heterocycles. The number of hydrogen-bond acceptors (Lipinski definition) is 1. The number of rotatable bonds is 4. The quantitative estimate of drug-likeness (QED) is 0.339. The second kappa shape index (κ2) is 7.06. The zero-order valence-electron chi connectivity index (χ0n) is 5.13. The van der Waals surface area contributed by atoms with Gasteiger partial charge in [-0.1, -0.05) is 0 Å². The van der Waals surface area contributed by atoms with Crippen LogP contribution in [-0.2, 0) is 4.65 Å². The monoisotopic (exact) mass is 103 g/mol. The summed E-state index contributed by atoms with van der Waals surface area (Å²) in [5, 5.41) is 0. The second-order valence-electron chi connectivity index (χ2n) is 1.39. The van der Waals surface area contributed by atoms with Gasteiger partial charge in [-0.15, -0.1) is 0 Å². The first-order valence-corrected chi connectivity index (χ1v) is 2.73. The molecule has 0 rings (SSSR count). The Bertz CT molecular complexity index is 81.4. The van der Waals surface area contributed by atoms with Crippen LogP contribution < -0.4 is 0 Å². The molecule has 0 aliphatic carbocycles. The van der Waals surface area contributed by atoms with Crippen molar-refractivity contribution in [2.75, 3.05) is 6.61 Å². The molecule has 1 nitrogen and oxygen atoms in total. The molecule has 0 saturated heterocycles. The SMILES string of the molecule is [B]=BB=BOCCC. The van der Waals surface area contributed by atoms with Crippen LogP contribution in [0.2, 0.25) is 0 Å². The average molecular weight is 102 g/mol. The molecule has 8 heavy (non-hydrogen) atoms. The Morgan fingerprint density at radius 2 is 2.38 bits per heavy atom. The van der Waals surface area contributed by atoms with Gasteiger partial charge in [-0.25, -0.2) is 0 Å². The first-order valence-electron chi connectivity index (χ1n) is 2.73. The topological polar surface area (TPSA) is 9.23 Å². The summed E-state index contributed by atoms with van der Waals surface area (Å²) in [7, 11) is 6.61. The molecular weight excluding hydrogens is 95.3 g/mol. The molecule has 0 fully saturated rings. The van der Waals surface area contributed by atoms with Crippen molar-refractivity contribution in [3.63, 3.8) is 0 Å². The molecule has 0 N–H and O–H groups in total. The molecule has 0 aromatic heterocycles. The van der Waals surface area contributed by atoms with E-state index in [2.05, 4.69) is 6.92 Å². The van der Waals surface area contributed by atoms with Crippen molar-refractivity contribution in [1.82, 2.24) is 0 Å². The third-order valence-corrected chi connectivity index (χ3v) is 0.608. The molecule has 0 spiro atoms. The predicted octanol–water partition coefficient (Wildman–Crippen LogP) is -0.646. The van der Waals surface area contributed by atoms with Gasteiger partial charge >= 0.3 is 52.4 Å². The van der Waals surface area contributed by atoms with Gasteiger partial charge in [0.2, 0.25) is 0 Å². The maximum absolute atomic E-state index is 5.02. The van der Waals surface area contributed by atoms with Gasteiger partial charge in [-0.2, -0.15) is 0 Å². The van der Waals surface area contributed by atoms with E-state index in [0.717, 1.165) is 13.0 Å². The Morgan fingerprint density at radius 1 is 1.62 bits per heavy atom. The van der Waals surface area contributed by atoms with Crippen molar-refractivity contribution in [3.8, 4) is 0 Å². The van der Waals surface area contributed by atoms with Crippen LogP contribution in [-0.4, -0.2) is 34.4 Å². The van der Waals surface area contributed by atoms with Crippen molar-refractivity contribution >= 4 is 27.8 Å². The molecule has 0 aliphatic rings.